The van der Waals surface area contributed by atoms with Gasteiger partial charge < -0.3 is 10.1 Å². The fourth-order valence-corrected chi connectivity index (χ4v) is 3.26. The van der Waals surface area contributed by atoms with Crippen molar-refractivity contribution in [3.05, 3.63) is 0 Å². The van der Waals surface area contributed by atoms with Gasteiger partial charge in [-0.25, -0.2) is 0 Å². The molecule has 0 amide bonds. The number of rotatable bonds is 3. The molecule has 0 aromatic heterocycles. The Bertz CT molecular complexity index is 249. The van der Waals surface area contributed by atoms with Crippen LogP contribution < -0.4 is 5.32 Å². The zero-order valence-electron chi connectivity index (χ0n) is 11.8. The molecule has 2 rings (SSSR count). The zero-order chi connectivity index (χ0) is 12.5. The normalized spacial score (nSPS) is 32.5. The third-order valence-electron chi connectivity index (χ3n) is 4.15. The van der Waals surface area contributed by atoms with E-state index in [1.54, 1.807) is 0 Å². The molecule has 100 valence electrons. The maximum absolute atomic E-state index is 6.13. The summed E-state index contributed by atoms with van der Waals surface area (Å²) >= 11 is 0. The van der Waals surface area contributed by atoms with E-state index in [0.717, 1.165) is 19.7 Å². The van der Waals surface area contributed by atoms with Crippen molar-refractivity contribution in [2.24, 2.45) is 5.41 Å². The van der Waals surface area contributed by atoms with Gasteiger partial charge >= 0.3 is 0 Å². The van der Waals surface area contributed by atoms with E-state index in [9.17, 15) is 0 Å². The molecule has 0 saturated carbocycles. The van der Waals surface area contributed by atoms with Crippen LogP contribution >= 0.6 is 0 Å². The molecule has 0 aromatic rings. The molecule has 0 aromatic carbocycles. The Morgan fingerprint density at radius 2 is 2.18 bits per heavy atom. The van der Waals surface area contributed by atoms with Gasteiger partial charge in [0.15, 0.2) is 0 Å². The Hall–Kier alpha value is -0.120. The molecule has 2 fully saturated rings. The highest BCUT2D eigenvalue weighted by molar-refractivity contribution is 4.94. The third-order valence-corrected chi connectivity index (χ3v) is 4.15. The predicted molar refractivity (Wildman–Crippen MR) is 71.3 cm³/mol. The number of fused-ring (bicyclic) bond motifs is 1. The van der Waals surface area contributed by atoms with E-state index in [1.165, 1.54) is 19.4 Å². The molecule has 0 aliphatic carbocycles. The smallest absolute Gasteiger partial charge is 0.0860 e. The van der Waals surface area contributed by atoms with Crippen molar-refractivity contribution in [1.82, 2.24) is 10.2 Å². The minimum Gasteiger partial charge on any atom is -0.374 e. The van der Waals surface area contributed by atoms with Crippen molar-refractivity contribution in [3.8, 4) is 0 Å². The van der Waals surface area contributed by atoms with Crippen molar-refractivity contribution >= 4 is 0 Å². The van der Waals surface area contributed by atoms with Crippen LogP contribution in [-0.4, -0.2) is 49.3 Å². The van der Waals surface area contributed by atoms with Crippen LogP contribution in [0.3, 0.4) is 0 Å². The van der Waals surface area contributed by atoms with Gasteiger partial charge in [-0.1, -0.05) is 27.7 Å². The van der Waals surface area contributed by atoms with Gasteiger partial charge in [0.25, 0.3) is 0 Å². The summed E-state index contributed by atoms with van der Waals surface area (Å²) in [6.45, 7) is 13.4. The Morgan fingerprint density at radius 1 is 1.41 bits per heavy atom. The highest BCUT2D eigenvalue weighted by Gasteiger charge is 2.39. The van der Waals surface area contributed by atoms with Crippen LogP contribution in [-0.2, 0) is 4.74 Å². The first-order valence-electron chi connectivity index (χ1n) is 7.11. The van der Waals surface area contributed by atoms with Crippen LogP contribution in [0.25, 0.3) is 0 Å². The number of hydrogen-bond donors (Lipinski definition) is 1. The minimum atomic E-state index is 0.257. The quantitative estimate of drug-likeness (QED) is 0.815. The molecule has 3 unspecified atom stereocenters. The van der Waals surface area contributed by atoms with E-state index in [1.807, 2.05) is 0 Å². The lowest BCUT2D eigenvalue weighted by Crippen LogP contribution is -2.58. The first-order chi connectivity index (χ1) is 8.02. The summed E-state index contributed by atoms with van der Waals surface area (Å²) in [4.78, 5) is 2.63. The Kier molecular flexibility index (Phi) is 4.11. The summed E-state index contributed by atoms with van der Waals surface area (Å²) < 4.78 is 6.13. The van der Waals surface area contributed by atoms with Crippen LogP contribution in [0.2, 0.25) is 0 Å². The Morgan fingerprint density at radius 3 is 2.82 bits per heavy atom. The van der Waals surface area contributed by atoms with E-state index in [-0.39, 0.29) is 5.41 Å². The van der Waals surface area contributed by atoms with Gasteiger partial charge in [0, 0.05) is 18.6 Å². The number of nitrogens with one attached hydrogen (secondary N) is 1. The summed E-state index contributed by atoms with van der Waals surface area (Å²) in [5.74, 6) is 0. The van der Waals surface area contributed by atoms with E-state index in [4.69, 9.17) is 4.74 Å². The number of likely N-dealkylation sites (N-methyl/N-ethyl adjacent to an activating group) is 1. The second kappa shape index (κ2) is 5.25. The fourth-order valence-electron chi connectivity index (χ4n) is 3.26. The van der Waals surface area contributed by atoms with Crippen LogP contribution in [0.5, 0.6) is 0 Å². The van der Waals surface area contributed by atoms with E-state index < -0.39 is 0 Å². The van der Waals surface area contributed by atoms with Gasteiger partial charge in [0.1, 0.15) is 0 Å². The largest absolute Gasteiger partial charge is 0.374 e. The lowest BCUT2D eigenvalue weighted by molar-refractivity contribution is -0.0808. The molecule has 2 heterocycles. The van der Waals surface area contributed by atoms with Crippen molar-refractivity contribution in [1.29, 1.82) is 0 Å². The fraction of sp³-hybridized carbons (Fsp3) is 1.00. The first kappa shape index (κ1) is 13.3. The van der Waals surface area contributed by atoms with Crippen LogP contribution in [0.15, 0.2) is 0 Å². The molecule has 2 aliphatic heterocycles. The summed E-state index contributed by atoms with van der Waals surface area (Å²) in [6, 6.07) is 1.16. The van der Waals surface area contributed by atoms with Crippen LogP contribution in [0.4, 0.5) is 0 Å². The average molecular weight is 240 g/mol. The average Bonchev–Trinajstić information content (AvgIpc) is 2.71. The lowest BCUT2D eigenvalue weighted by atomic mass is 9.82. The molecule has 2 saturated heterocycles. The predicted octanol–water partition coefficient (Wildman–Crippen LogP) is 1.87. The van der Waals surface area contributed by atoms with Crippen LogP contribution in [0, 0.1) is 5.41 Å². The third kappa shape index (κ3) is 3.01. The maximum atomic E-state index is 6.13. The zero-order valence-corrected chi connectivity index (χ0v) is 11.8. The molecule has 2 aliphatic rings. The Balaban J connectivity index is 1.99. The molecule has 3 atom stereocenters. The highest BCUT2D eigenvalue weighted by atomic mass is 16.5. The SMILES string of the molecule is CCNC(C1CN2CCCC2CO1)C(C)(C)C. The van der Waals surface area contributed by atoms with Gasteiger partial charge in [0.2, 0.25) is 0 Å². The number of morpholine rings is 1. The molecule has 17 heavy (non-hydrogen) atoms. The standard InChI is InChI=1S/C14H28N2O/c1-5-15-13(14(2,3)4)12-9-16-8-6-7-11(16)10-17-12/h11-13,15H,5-10H2,1-4H3. The lowest BCUT2D eigenvalue weighted by Gasteiger charge is -2.43. The summed E-state index contributed by atoms with van der Waals surface area (Å²) in [6.07, 6.45) is 3.03. The highest BCUT2D eigenvalue weighted by Crippen LogP contribution is 2.29. The molecular formula is C14H28N2O. The van der Waals surface area contributed by atoms with Crippen molar-refractivity contribution < 1.29 is 4.74 Å². The molecule has 3 heteroatoms. The summed E-state index contributed by atoms with van der Waals surface area (Å²) in [7, 11) is 0. The second-order valence-electron chi connectivity index (χ2n) is 6.56. The van der Waals surface area contributed by atoms with Gasteiger partial charge in [-0.05, 0) is 31.3 Å². The van der Waals surface area contributed by atoms with E-state index in [2.05, 4.69) is 37.9 Å². The van der Waals surface area contributed by atoms with E-state index >= 15 is 0 Å². The number of ether oxygens (including phenoxy) is 1. The number of nitrogens with zero attached hydrogens (tertiary/aromatic N) is 1. The van der Waals surface area contributed by atoms with E-state index in [0.29, 0.717) is 18.2 Å². The summed E-state index contributed by atoms with van der Waals surface area (Å²) in [5.41, 5.74) is 0.257. The minimum absolute atomic E-state index is 0.257. The van der Waals surface area contributed by atoms with Crippen molar-refractivity contribution in [2.75, 3.05) is 26.2 Å². The van der Waals surface area contributed by atoms with Gasteiger partial charge in [-0.3, -0.25) is 4.90 Å². The van der Waals surface area contributed by atoms with Gasteiger partial charge in [-0.2, -0.15) is 0 Å². The maximum Gasteiger partial charge on any atom is 0.0860 e. The number of hydrogen-bond acceptors (Lipinski definition) is 3. The topological polar surface area (TPSA) is 24.5 Å². The van der Waals surface area contributed by atoms with Crippen molar-refractivity contribution in [3.63, 3.8) is 0 Å². The monoisotopic (exact) mass is 240 g/mol. The second-order valence-corrected chi connectivity index (χ2v) is 6.56. The molecule has 1 N–H and O–H groups in total. The molecule has 0 radical (unpaired) electrons. The Labute approximate surface area is 106 Å². The summed E-state index contributed by atoms with van der Waals surface area (Å²) in [5, 5.41) is 3.62. The van der Waals surface area contributed by atoms with Crippen LogP contribution in [0.1, 0.15) is 40.5 Å². The first-order valence-corrected chi connectivity index (χ1v) is 7.11. The van der Waals surface area contributed by atoms with Gasteiger partial charge in [0.05, 0.1) is 12.7 Å². The molecular weight excluding hydrogens is 212 g/mol. The molecule has 0 bridgehead atoms. The molecule has 0 spiro atoms. The molecule has 3 nitrogen and oxygen atoms in total. The van der Waals surface area contributed by atoms with Crippen molar-refractivity contribution in [2.45, 2.75) is 58.7 Å². The van der Waals surface area contributed by atoms with Gasteiger partial charge in [-0.15, -0.1) is 0 Å².